The number of ether oxygens (including phenoxy) is 2. The van der Waals surface area contributed by atoms with E-state index in [0.717, 1.165) is 25.3 Å². The third-order valence-electron chi connectivity index (χ3n) is 4.02. The van der Waals surface area contributed by atoms with E-state index in [0.29, 0.717) is 17.3 Å². The van der Waals surface area contributed by atoms with Crippen molar-refractivity contribution < 1.29 is 14.3 Å². The number of likely N-dealkylation sites (tertiary alicyclic amines) is 1. The van der Waals surface area contributed by atoms with Gasteiger partial charge in [-0.15, -0.1) is 0 Å². The number of benzene rings is 1. The number of aromatic nitrogens is 1. The van der Waals surface area contributed by atoms with Gasteiger partial charge in [-0.05, 0) is 56.4 Å². The number of rotatable bonds is 5. The smallest absolute Gasteiger partial charge is 0.319 e. The summed E-state index contributed by atoms with van der Waals surface area (Å²) in [5.41, 5.74) is 0.516. The Morgan fingerprint density at radius 2 is 2.00 bits per heavy atom. The number of hydrogen-bond donors (Lipinski definition) is 2. The van der Waals surface area contributed by atoms with Crippen molar-refractivity contribution >= 4 is 11.7 Å². The zero-order valence-electron chi connectivity index (χ0n) is 14.4. The zero-order valence-corrected chi connectivity index (χ0v) is 14.4. The monoisotopic (exact) mass is 342 g/mol. The minimum Gasteiger partial charge on any atom is -0.497 e. The van der Waals surface area contributed by atoms with Crippen LogP contribution in [0.1, 0.15) is 6.42 Å². The molecule has 1 saturated heterocycles. The highest BCUT2D eigenvalue weighted by Gasteiger charge is 2.21. The largest absolute Gasteiger partial charge is 0.497 e. The van der Waals surface area contributed by atoms with Crippen LogP contribution in [0.4, 0.5) is 10.5 Å². The normalized spacial score (nSPS) is 17.1. The molecule has 0 bridgehead atoms. The van der Waals surface area contributed by atoms with Crippen LogP contribution in [0.25, 0.3) is 0 Å². The predicted octanol–water partition coefficient (Wildman–Crippen LogP) is 2.71. The fourth-order valence-corrected chi connectivity index (χ4v) is 2.72. The van der Waals surface area contributed by atoms with Crippen molar-refractivity contribution in [2.75, 3.05) is 32.6 Å². The predicted molar refractivity (Wildman–Crippen MR) is 95.4 cm³/mol. The molecule has 1 fully saturated rings. The van der Waals surface area contributed by atoms with E-state index in [1.165, 1.54) is 0 Å². The number of likely N-dealkylation sites (N-methyl/N-ethyl adjacent to an activating group) is 1. The third-order valence-corrected chi connectivity index (χ3v) is 4.02. The van der Waals surface area contributed by atoms with Crippen LogP contribution < -0.4 is 20.1 Å². The first-order valence-electron chi connectivity index (χ1n) is 8.17. The van der Waals surface area contributed by atoms with Crippen molar-refractivity contribution in [2.24, 2.45) is 0 Å². The van der Waals surface area contributed by atoms with E-state index in [-0.39, 0.29) is 12.1 Å². The van der Waals surface area contributed by atoms with E-state index < -0.39 is 0 Å². The first-order valence-corrected chi connectivity index (χ1v) is 8.17. The maximum atomic E-state index is 12.2. The number of carbonyl (C=O) groups is 1. The number of amides is 2. The molecule has 7 nitrogen and oxygen atoms in total. The maximum absolute atomic E-state index is 12.2. The summed E-state index contributed by atoms with van der Waals surface area (Å²) in [7, 11) is 3.65. The Bertz CT molecular complexity index is 721. The van der Waals surface area contributed by atoms with Gasteiger partial charge in [-0.3, -0.25) is 0 Å². The standard InChI is InChI=1S/C18H22N4O3/c1-22-11-9-13(12-22)20-18(23)21-16-4-3-10-19-17(16)25-15-7-5-14(24-2)6-8-15/h3-8,10,13H,9,11-12H2,1-2H3,(H2,20,21,23). The summed E-state index contributed by atoms with van der Waals surface area (Å²) in [6, 6.07) is 10.6. The number of anilines is 1. The molecule has 3 rings (SSSR count). The molecule has 0 radical (unpaired) electrons. The summed E-state index contributed by atoms with van der Waals surface area (Å²) >= 11 is 0. The zero-order chi connectivity index (χ0) is 17.6. The molecular weight excluding hydrogens is 320 g/mol. The van der Waals surface area contributed by atoms with E-state index in [1.807, 2.05) is 7.05 Å². The lowest BCUT2D eigenvalue weighted by atomic mass is 10.3. The highest BCUT2D eigenvalue weighted by Crippen LogP contribution is 2.28. The maximum Gasteiger partial charge on any atom is 0.319 e. The van der Waals surface area contributed by atoms with Gasteiger partial charge in [0.2, 0.25) is 5.88 Å². The Hall–Kier alpha value is -2.80. The number of methoxy groups -OCH3 is 1. The first kappa shape index (κ1) is 17.0. The van der Waals surface area contributed by atoms with E-state index in [1.54, 1.807) is 49.7 Å². The summed E-state index contributed by atoms with van der Waals surface area (Å²) < 4.78 is 10.9. The highest BCUT2D eigenvalue weighted by atomic mass is 16.5. The molecule has 1 atom stereocenters. The van der Waals surface area contributed by atoms with Crippen LogP contribution in [-0.4, -0.2) is 49.2 Å². The van der Waals surface area contributed by atoms with E-state index in [4.69, 9.17) is 9.47 Å². The van der Waals surface area contributed by atoms with Gasteiger partial charge in [0.05, 0.1) is 7.11 Å². The second kappa shape index (κ2) is 7.85. The van der Waals surface area contributed by atoms with Crippen LogP contribution in [0.5, 0.6) is 17.4 Å². The lowest BCUT2D eigenvalue weighted by Gasteiger charge is -2.15. The Morgan fingerprint density at radius 1 is 1.24 bits per heavy atom. The van der Waals surface area contributed by atoms with E-state index in [9.17, 15) is 4.79 Å². The number of carbonyl (C=O) groups excluding carboxylic acids is 1. The molecule has 1 aromatic heterocycles. The summed E-state index contributed by atoms with van der Waals surface area (Å²) in [5, 5.41) is 5.79. The first-order chi connectivity index (χ1) is 12.1. The van der Waals surface area contributed by atoms with Crippen molar-refractivity contribution in [3.63, 3.8) is 0 Å². The minimum atomic E-state index is -0.257. The average molecular weight is 342 g/mol. The third kappa shape index (κ3) is 4.60. The quantitative estimate of drug-likeness (QED) is 0.874. The minimum absolute atomic E-state index is 0.160. The van der Waals surface area contributed by atoms with Gasteiger partial charge in [-0.25, -0.2) is 9.78 Å². The summed E-state index contributed by atoms with van der Waals surface area (Å²) in [6.45, 7) is 1.85. The molecule has 25 heavy (non-hydrogen) atoms. The highest BCUT2D eigenvalue weighted by molar-refractivity contribution is 5.90. The van der Waals surface area contributed by atoms with Gasteiger partial charge in [-0.1, -0.05) is 0 Å². The van der Waals surface area contributed by atoms with Crippen molar-refractivity contribution in [3.05, 3.63) is 42.6 Å². The lowest BCUT2D eigenvalue weighted by Crippen LogP contribution is -2.39. The Morgan fingerprint density at radius 3 is 2.68 bits per heavy atom. The topological polar surface area (TPSA) is 75.7 Å². The van der Waals surface area contributed by atoms with Gasteiger partial charge in [0.1, 0.15) is 17.2 Å². The SMILES string of the molecule is COc1ccc(Oc2ncccc2NC(=O)NC2CCN(C)C2)cc1. The molecular formula is C18H22N4O3. The second-order valence-electron chi connectivity index (χ2n) is 5.98. The molecule has 2 amide bonds. The number of hydrogen-bond acceptors (Lipinski definition) is 5. The fourth-order valence-electron chi connectivity index (χ4n) is 2.72. The van der Waals surface area contributed by atoms with Crippen molar-refractivity contribution in [3.8, 4) is 17.4 Å². The number of urea groups is 1. The van der Waals surface area contributed by atoms with Gasteiger partial charge in [0.15, 0.2) is 0 Å². The Balaban J connectivity index is 1.64. The van der Waals surface area contributed by atoms with Crippen molar-refractivity contribution in [1.29, 1.82) is 0 Å². The van der Waals surface area contributed by atoms with Crippen LogP contribution in [0.3, 0.4) is 0 Å². The molecule has 1 aliphatic rings. The lowest BCUT2D eigenvalue weighted by molar-refractivity contribution is 0.248. The van der Waals surface area contributed by atoms with Crippen LogP contribution in [0, 0.1) is 0 Å². The molecule has 2 N–H and O–H groups in total. The number of nitrogens with zero attached hydrogens (tertiary/aromatic N) is 2. The number of pyridine rings is 1. The molecule has 1 unspecified atom stereocenters. The average Bonchev–Trinajstić information content (AvgIpc) is 3.02. The van der Waals surface area contributed by atoms with Gasteiger partial charge in [0, 0.05) is 18.8 Å². The number of nitrogens with one attached hydrogen (secondary N) is 2. The summed E-state index contributed by atoms with van der Waals surface area (Å²) in [5.74, 6) is 1.69. The van der Waals surface area contributed by atoms with Gasteiger partial charge in [0.25, 0.3) is 0 Å². The summed E-state index contributed by atoms with van der Waals surface area (Å²) in [4.78, 5) is 18.6. The van der Waals surface area contributed by atoms with Crippen LogP contribution >= 0.6 is 0 Å². The van der Waals surface area contributed by atoms with Crippen LogP contribution in [-0.2, 0) is 0 Å². The molecule has 1 aromatic carbocycles. The molecule has 0 aliphatic carbocycles. The van der Waals surface area contributed by atoms with Gasteiger partial charge < -0.3 is 25.0 Å². The molecule has 2 aromatic rings. The van der Waals surface area contributed by atoms with Crippen molar-refractivity contribution in [1.82, 2.24) is 15.2 Å². The molecule has 132 valence electrons. The molecule has 7 heteroatoms. The second-order valence-corrected chi connectivity index (χ2v) is 5.98. The van der Waals surface area contributed by atoms with E-state index in [2.05, 4.69) is 20.5 Å². The van der Waals surface area contributed by atoms with E-state index >= 15 is 0 Å². The van der Waals surface area contributed by atoms with Gasteiger partial charge >= 0.3 is 6.03 Å². The molecule has 0 spiro atoms. The molecule has 1 aliphatic heterocycles. The van der Waals surface area contributed by atoms with Crippen LogP contribution in [0.2, 0.25) is 0 Å². The van der Waals surface area contributed by atoms with Gasteiger partial charge in [-0.2, -0.15) is 0 Å². The van der Waals surface area contributed by atoms with Crippen molar-refractivity contribution in [2.45, 2.75) is 12.5 Å². The summed E-state index contributed by atoms with van der Waals surface area (Å²) in [6.07, 6.45) is 2.57. The Kier molecular flexibility index (Phi) is 5.35. The van der Waals surface area contributed by atoms with Crippen LogP contribution in [0.15, 0.2) is 42.6 Å². The fraction of sp³-hybridized carbons (Fsp3) is 0.333. The molecule has 2 heterocycles. The Labute approximate surface area is 147 Å². The molecule has 0 saturated carbocycles.